The second-order valence-corrected chi connectivity index (χ2v) is 5.59. The van der Waals surface area contributed by atoms with Crippen molar-refractivity contribution in [2.24, 2.45) is 0 Å². The summed E-state index contributed by atoms with van der Waals surface area (Å²) in [5, 5.41) is 6.37. The van der Waals surface area contributed by atoms with Crippen LogP contribution in [0, 0.1) is 0 Å². The van der Waals surface area contributed by atoms with Crippen molar-refractivity contribution in [3.63, 3.8) is 0 Å². The van der Waals surface area contributed by atoms with Gasteiger partial charge in [0.2, 0.25) is 5.95 Å². The molecule has 1 aromatic rings. The maximum atomic E-state index is 12.2. The van der Waals surface area contributed by atoms with Crippen LogP contribution in [0.3, 0.4) is 0 Å². The maximum Gasteiger partial charge on any atom is 0.271 e. The predicted molar refractivity (Wildman–Crippen MR) is 74.3 cm³/mol. The lowest BCUT2D eigenvalue weighted by molar-refractivity contribution is 0.0928. The van der Waals surface area contributed by atoms with E-state index in [2.05, 4.69) is 15.6 Å². The molecule has 0 bridgehead atoms. The molecule has 1 aliphatic heterocycles. The summed E-state index contributed by atoms with van der Waals surface area (Å²) >= 11 is 0. The summed E-state index contributed by atoms with van der Waals surface area (Å²) in [6.07, 6.45) is 10.2. The molecule has 1 amide bonds. The summed E-state index contributed by atoms with van der Waals surface area (Å²) in [5.74, 6) is 0.813. The summed E-state index contributed by atoms with van der Waals surface area (Å²) in [4.78, 5) is 16.6. The van der Waals surface area contributed by atoms with Gasteiger partial charge in [0.05, 0.1) is 0 Å². The Balaban J connectivity index is 1.64. The van der Waals surface area contributed by atoms with Crippen LogP contribution in [0.2, 0.25) is 0 Å². The lowest BCUT2D eigenvalue weighted by Crippen LogP contribution is -2.34. The molecule has 104 valence electrons. The number of aryl methyl sites for hydroxylation is 1. The quantitative estimate of drug-likeness (QED) is 0.803. The Hall–Kier alpha value is -1.52. The Morgan fingerprint density at radius 2 is 2.05 bits per heavy atom. The third-order valence-electron chi connectivity index (χ3n) is 4.06. The van der Waals surface area contributed by atoms with Crippen molar-refractivity contribution in [2.45, 2.75) is 57.5 Å². The minimum atomic E-state index is -0.0180. The van der Waals surface area contributed by atoms with Gasteiger partial charge in [-0.2, -0.15) is 0 Å². The Morgan fingerprint density at radius 1 is 1.26 bits per heavy atom. The van der Waals surface area contributed by atoms with Gasteiger partial charge in [-0.1, -0.05) is 25.7 Å². The molecule has 0 saturated heterocycles. The Labute approximate surface area is 113 Å². The second-order valence-electron chi connectivity index (χ2n) is 5.59. The first-order chi connectivity index (χ1) is 9.33. The molecule has 0 unspecified atom stereocenters. The van der Waals surface area contributed by atoms with Crippen molar-refractivity contribution >= 4 is 11.9 Å². The molecule has 5 heteroatoms. The van der Waals surface area contributed by atoms with E-state index in [0.717, 1.165) is 38.3 Å². The van der Waals surface area contributed by atoms with Crippen LogP contribution in [0.15, 0.2) is 6.20 Å². The normalized spacial score (nSPS) is 20.2. The van der Waals surface area contributed by atoms with Gasteiger partial charge in [0.1, 0.15) is 5.69 Å². The van der Waals surface area contributed by atoms with Gasteiger partial charge in [-0.3, -0.25) is 4.79 Å². The van der Waals surface area contributed by atoms with E-state index < -0.39 is 0 Å². The molecule has 1 aromatic heterocycles. The first kappa shape index (κ1) is 12.5. The van der Waals surface area contributed by atoms with E-state index >= 15 is 0 Å². The number of hydrogen-bond acceptors (Lipinski definition) is 3. The number of amides is 1. The monoisotopic (exact) mass is 262 g/mol. The number of nitrogens with one attached hydrogen (secondary N) is 2. The van der Waals surface area contributed by atoms with Crippen molar-refractivity contribution < 1.29 is 4.79 Å². The van der Waals surface area contributed by atoms with Crippen molar-refractivity contribution in [3.8, 4) is 0 Å². The number of carbonyl (C=O) groups is 1. The summed E-state index contributed by atoms with van der Waals surface area (Å²) in [6.45, 7) is 1.90. The van der Waals surface area contributed by atoms with Crippen LogP contribution >= 0.6 is 0 Å². The van der Waals surface area contributed by atoms with E-state index in [9.17, 15) is 4.79 Å². The van der Waals surface area contributed by atoms with Gasteiger partial charge >= 0.3 is 0 Å². The molecular weight excluding hydrogens is 240 g/mol. The molecule has 3 rings (SSSR count). The zero-order valence-electron chi connectivity index (χ0n) is 11.3. The van der Waals surface area contributed by atoms with Gasteiger partial charge in [0.25, 0.3) is 5.91 Å². The zero-order valence-corrected chi connectivity index (χ0v) is 11.3. The number of rotatable bonds is 2. The van der Waals surface area contributed by atoms with Crippen LogP contribution in [-0.4, -0.2) is 28.0 Å². The van der Waals surface area contributed by atoms with Crippen LogP contribution in [0.25, 0.3) is 0 Å². The molecule has 2 N–H and O–H groups in total. The predicted octanol–water partition coefficient (Wildman–Crippen LogP) is 2.15. The highest BCUT2D eigenvalue weighted by molar-refractivity contribution is 5.92. The number of aromatic nitrogens is 2. The zero-order chi connectivity index (χ0) is 13.1. The molecule has 2 aliphatic rings. The number of hydrogen-bond donors (Lipinski definition) is 2. The highest BCUT2D eigenvalue weighted by atomic mass is 16.2. The van der Waals surface area contributed by atoms with Crippen LogP contribution in [-0.2, 0) is 6.54 Å². The first-order valence-electron chi connectivity index (χ1n) is 7.45. The van der Waals surface area contributed by atoms with E-state index in [1.54, 1.807) is 0 Å². The van der Waals surface area contributed by atoms with Gasteiger partial charge in [-0.15, -0.1) is 0 Å². The van der Waals surface area contributed by atoms with Crippen LogP contribution in [0.5, 0.6) is 0 Å². The van der Waals surface area contributed by atoms with Crippen molar-refractivity contribution in [2.75, 3.05) is 11.9 Å². The third kappa shape index (κ3) is 2.91. The lowest BCUT2D eigenvalue weighted by atomic mass is 10.1. The van der Waals surface area contributed by atoms with E-state index in [4.69, 9.17) is 0 Å². The average molecular weight is 262 g/mol. The summed E-state index contributed by atoms with van der Waals surface area (Å²) in [5.41, 5.74) is 0.550. The van der Waals surface area contributed by atoms with Crippen molar-refractivity contribution in [1.29, 1.82) is 0 Å². The van der Waals surface area contributed by atoms with Gasteiger partial charge in [0.15, 0.2) is 0 Å². The summed E-state index contributed by atoms with van der Waals surface area (Å²) in [7, 11) is 0. The van der Waals surface area contributed by atoms with E-state index in [-0.39, 0.29) is 5.91 Å². The largest absolute Gasteiger partial charge is 0.356 e. The van der Waals surface area contributed by atoms with Gasteiger partial charge in [-0.25, -0.2) is 4.98 Å². The molecule has 0 atom stereocenters. The van der Waals surface area contributed by atoms with Gasteiger partial charge < -0.3 is 15.2 Å². The molecular formula is C14H22N4O. The fraction of sp³-hybridized carbons (Fsp3) is 0.714. The Kier molecular flexibility index (Phi) is 3.71. The summed E-state index contributed by atoms with van der Waals surface area (Å²) in [6, 6.07) is 0.335. The SMILES string of the molecule is O=C(NC1CCCCCC1)c1cn2c(n1)NCCC2. The fourth-order valence-corrected chi connectivity index (χ4v) is 2.97. The Morgan fingerprint density at radius 3 is 2.79 bits per heavy atom. The molecule has 0 spiro atoms. The molecule has 0 radical (unpaired) electrons. The van der Waals surface area contributed by atoms with E-state index in [1.165, 1.54) is 25.7 Å². The first-order valence-corrected chi connectivity index (χ1v) is 7.45. The van der Waals surface area contributed by atoms with Crippen molar-refractivity contribution in [3.05, 3.63) is 11.9 Å². The smallest absolute Gasteiger partial charge is 0.271 e. The highest BCUT2D eigenvalue weighted by Crippen LogP contribution is 2.18. The van der Waals surface area contributed by atoms with Gasteiger partial charge in [0, 0.05) is 25.3 Å². The molecule has 1 aliphatic carbocycles. The number of nitrogens with zero attached hydrogens (tertiary/aromatic N) is 2. The standard InChI is InChI=1S/C14H22N4O/c19-13(16-11-6-3-1-2-4-7-11)12-10-18-9-5-8-15-14(18)17-12/h10-11H,1-9H2,(H,15,17)(H,16,19). The topological polar surface area (TPSA) is 59.0 Å². The fourth-order valence-electron chi connectivity index (χ4n) is 2.97. The highest BCUT2D eigenvalue weighted by Gasteiger charge is 2.20. The molecule has 5 nitrogen and oxygen atoms in total. The molecule has 19 heavy (non-hydrogen) atoms. The number of fused-ring (bicyclic) bond motifs is 1. The van der Waals surface area contributed by atoms with E-state index in [0.29, 0.717) is 11.7 Å². The van der Waals surface area contributed by atoms with Crippen LogP contribution in [0.1, 0.15) is 55.4 Å². The lowest BCUT2D eigenvalue weighted by Gasteiger charge is -2.14. The van der Waals surface area contributed by atoms with Crippen molar-refractivity contribution in [1.82, 2.24) is 14.9 Å². The second kappa shape index (κ2) is 5.63. The number of anilines is 1. The van der Waals surface area contributed by atoms with Gasteiger partial charge in [-0.05, 0) is 19.3 Å². The van der Waals surface area contributed by atoms with E-state index in [1.807, 2.05) is 10.8 Å². The average Bonchev–Trinajstić information content (AvgIpc) is 2.70. The Bertz CT molecular complexity index is 423. The molecule has 2 heterocycles. The number of imidazole rings is 1. The van der Waals surface area contributed by atoms with Crippen LogP contribution in [0.4, 0.5) is 5.95 Å². The summed E-state index contributed by atoms with van der Waals surface area (Å²) < 4.78 is 2.03. The minimum Gasteiger partial charge on any atom is -0.356 e. The molecule has 0 aromatic carbocycles. The maximum absolute atomic E-state index is 12.2. The third-order valence-corrected chi connectivity index (χ3v) is 4.06. The number of carbonyl (C=O) groups excluding carboxylic acids is 1. The minimum absolute atomic E-state index is 0.0180. The molecule has 1 fully saturated rings. The molecule has 1 saturated carbocycles. The van der Waals surface area contributed by atoms with Crippen LogP contribution < -0.4 is 10.6 Å².